The van der Waals surface area contributed by atoms with Gasteiger partial charge in [-0.2, -0.15) is 0 Å². The Morgan fingerprint density at radius 3 is 1.67 bits per heavy atom. The predicted octanol–water partition coefficient (Wildman–Crippen LogP) is 5.16. The number of unbranched alkanes of at least 4 members (excludes halogenated alkanes) is 7. The van der Waals surface area contributed by atoms with E-state index in [1.165, 1.54) is 38.5 Å². The van der Waals surface area contributed by atoms with Crippen LogP contribution in [0.4, 0.5) is 0 Å². The minimum Gasteiger partial charge on any atom is -0.462 e. The van der Waals surface area contributed by atoms with Crippen molar-refractivity contribution in [2.75, 3.05) is 13.2 Å². The SMILES string of the molecule is CCCCCCCCCCOC(=O)c1ccc(C(=O)OCC)cc1. The van der Waals surface area contributed by atoms with Crippen LogP contribution < -0.4 is 0 Å². The molecule has 24 heavy (non-hydrogen) atoms. The third-order valence-electron chi connectivity index (χ3n) is 3.86. The molecule has 0 spiro atoms. The largest absolute Gasteiger partial charge is 0.462 e. The van der Waals surface area contributed by atoms with E-state index in [9.17, 15) is 9.59 Å². The van der Waals surface area contributed by atoms with Gasteiger partial charge in [0.2, 0.25) is 0 Å². The summed E-state index contributed by atoms with van der Waals surface area (Å²) >= 11 is 0. The van der Waals surface area contributed by atoms with Gasteiger partial charge in [0.1, 0.15) is 0 Å². The molecule has 1 aromatic carbocycles. The fourth-order valence-corrected chi connectivity index (χ4v) is 2.44. The van der Waals surface area contributed by atoms with Gasteiger partial charge in [-0.25, -0.2) is 9.59 Å². The Morgan fingerprint density at radius 2 is 1.17 bits per heavy atom. The van der Waals surface area contributed by atoms with E-state index in [0.29, 0.717) is 24.3 Å². The summed E-state index contributed by atoms with van der Waals surface area (Å²) in [6, 6.07) is 6.38. The van der Waals surface area contributed by atoms with Crippen LogP contribution in [0.25, 0.3) is 0 Å². The second-order valence-electron chi connectivity index (χ2n) is 5.91. The summed E-state index contributed by atoms with van der Waals surface area (Å²) in [5, 5.41) is 0. The van der Waals surface area contributed by atoms with Crippen LogP contribution in [0.2, 0.25) is 0 Å². The molecule has 0 aliphatic carbocycles. The lowest BCUT2D eigenvalue weighted by atomic mass is 10.1. The minimum atomic E-state index is -0.378. The Kier molecular flexibility index (Phi) is 10.6. The predicted molar refractivity (Wildman–Crippen MR) is 95.3 cm³/mol. The van der Waals surface area contributed by atoms with E-state index in [1.54, 1.807) is 31.2 Å². The van der Waals surface area contributed by atoms with Crippen molar-refractivity contribution in [3.05, 3.63) is 35.4 Å². The van der Waals surface area contributed by atoms with Gasteiger partial charge in [-0.1, -0.05) is 51.9 Å². The van der Waals surface area contributed by atoms with Gasteiger partial charge in [-0.3, -0.25) is 0 Å². The molecule has 0 bridgehead atoms. The summed E-state index contributed by atoms with van der Waals surface area (Å²) in [7, 11) is 0. The number of rotatable bonds is 12. The van der Waals surface area contributed by atoms with Gasteiger partial charge < -0.3 is 9.47 Å². The van der Waals surface area contributed by atoms with Crippen molar-refractivity contribution < 1.29 is 19.1 Å². The van der Waals surface area contributed by atoms with Crippen LogP contribution in [-0.2, 0) is 9.47 Å². The normalized spacial score (nSPS) is 10.4. The highest BCUT2D eigenvalue weighted by atomic mass is 16.5. The molecule has 1 rings (SSSR count). The number of carbonyl (C=O) groups is 2. The molecule has 0 aliphatic heterocycles. The molecular formula is C20H30O4. The summed E-state index contributed by atoms with van der Waals surface area (Å²) in [6.45, 7) is 4.77. The lowest BCUT2D eigenvalue weighted by Gasteiger charge is -2.06. The van der Waals surface area contributed by atoms with Crippen LogP contribution in [0, 0.1) is 0 Å². The van der Waals surface area contributed by atoms with E-state index >= 15 is 0 Å². The maximum Gasteiger partial charge on any atom is 0.338 e. The lowest BCUT2D eigenvalue weighted by Crippen LogP contribution is -2.08. The molecule has 0 heterocycles. The van der Waals surface area contributed by atoms with Gasteiger partial charge in [0, 0.05) is 0 Å². The first-order chi connectivity index (χ1) is 11.7. The first kappa shape index (κ1) is 20.2. The van der Waals surface area contributed by atoms with Gasteiger partial charge in [0.15, 0.2) is 0 Å². The molecule has 0 atom stereocenters. The Morgan fingerprint density at radius 1 is 0.708 bits per heavy atom. The third-order valence-corrected chi connectivity index (χ3v) is 3.86. The fraction of sp³-hybridized carbons (Fsp3) is 0.600. The molecule has 0 saturated carbocycles. The number of carbonyl (C=O) groups excluding carboxylic acids is 2. The summed E-state index contributed by atoms with van der Waals surface area (Å²) in [6.07, 6.45) is 9.71. The van der Waals surface area contributed by atoms with Crippen molar-refractivity contribution in [1.82, 2.24) is 0 Å². The molecule has 4 heteroatoms. The molecule has 0 N–H and O–H groups in total. The molecule has 0 saturated heterocycles. The van der Waals surface area contributed by atoms with Crippen LogP contribution in [0.15, 0.2) is 24.3 Å². The minimum absolute atomic E-state index is 0.335. The van der Waals surface area contributed by atoms with Crippen molar-refractivity contribution in [3.63, 3.8) is 0 Å². The quantitative estimate of drug-likeness (QED) is 0.391. The van der Waals surface area contributed by atoms with Crippen LogP contribution in [0.1, 0.15) is 85.9 Å². The zero-order valence-corrected chi connectivity index (χ0v) is 15.0. The van der Waals surface area contributed by atoms with E-state index in [1.807, 2.05) is 0 Å². The van der Waals surface area contributed by atoms with Crippen molar-refractivity contribution in [2.45, 2.75) is 65.2 Å². The van der Waals surface area contributed by atoms with E-state index in [-0.39, 0.29) is 11.9 Å². The van der Waals surface area contributed by atoms with E-state index in [0.717, 1.165) is 12.8 Å². The van der Waals surface area contributed by atoms with Crippen molar-refractivity contribution in [3.8, 4) is 0 Å². The highest BCUT2D eigenvalue weighted by molar-refractivity contribution is 5.93. The monoisotopic (exact) mass is 334 g/mol. The third kappa shape index (κ3) is 8.14. The standard InChI is InChI=1S/C20H30O4/c1-3-5-6-7-8-9-10-11-16-24-20(22)18-14-12-17(13-15-18)19(21)23-4-2/h12-15H,3-11,16H2,1-2H3. The maximum atomic E-state index is 11.9. The summed E-state index contributed by atoms with van der Waals surface area (Å²) in [5.74, 6) is -0.718. The number of esters is 2. The zero-order valence-electron chi connectivity index (χ0n) is 15.0. The number of ether oxygens (including phenoxy) is 2. The average molecular weight is 334 g/mol. The molecule has 0 unspecified atom stereocenters. The number of benzene rings is 1. The zero-order chi connectivity index (χ0) is 17.6. The topological polar surface area (TPSA) is 52.6 Å². The molecule has 134 valence electrons. The van der Waals surface area contributed by atoms with Gasteiger partial charge in [-0.15, -0.1) is 0 Å². The van der Waals surface area contributed by atoms with E-state index in [2.05, 4.69) is 6.92 Å². The van der Waals surface area contributed by atoms with Crippen LogP contribution in [0.3, 0.4) is 0 Å². The smallest absolute Gasteiger partial charge is 0.338 e. The molecule has 4 nitrogen and oxygen atoms in total. The van der Waals surface area contributed by atoms with Crippen molar-refractivity contribution in [2.24, 2.45) is 0 Å². The van der Waals surface area contributed by atoms with Crippen LogP contribution in [-0.4, -0.2) is 25.2 Å². The summed E-state index contributed by atoms with van der Waals surface area (Å²) in [5.41, 5.74) is 0.902. The average Bonchev–Trinajstić information content (AvgIpc) is 2.60. The highest BCUT2D eigenvalue weighted by Gasteiger charge is 2.10. The van der Waals surface area contributed by atoms with Gasteiger partial charge in [0.05, 0.1) is 24.3 Å². The molecule has 0 aromatic heterocycles. The van der Waals surface area contributed by atoms with Crippen LogP contribution in [0.5, 0.6) is 0 Å². The first-order valence-electron chi connectivity index (χ1n) is 9.13. The highest BCUT2D eigenvalue weighted by Crippen LogP contribution is 2.10. The molecule has 0 amide bonds. The van der Waals surface area contributed by atoms with Crippen LogP contribution >= 0.6 is 0 Å². The molecule has 0 aliphatic rings. The second-order valence-corrected chi connectivity index (χ2v) is 5.91. The van der Waals surface area contributed by atoms with E-state index < -0.39 is 0 Å². The number of hydrogen-bond acceptors (Lipinski definition) is 4. The van der Waals surface area contributed by atoms with Gasteiger partial charge >= 0.3 is 11.9 Å². The molecule has 0 fully saturated rings. The van der Waals surface area contributed by atoms with Crippen molar-refractivity contribution in [1.29, 1.82) is 0 Å². The van der Waals surface area contributed by atoms with Gasteiger partial charge in [0.25, 0.3) is 0 Å². The summed E-state index contributed by atoms with van der Waals surface area (Å²) in [4.78, 5) is 23.5. The van der Waals surface area contributed by atoms with E-state index in [4.69, 9.17) is 9.47 Å². The Balaban J connectivity index is 2.18. The molecule has 0 radical (unpaired) electrons. The molecule has 1 aromatic rings. The molecular weight excluding hydrogens is 304 g/mol. The Labute approximate surface area is 145 Å². The Bertz CT molecular complexity index is 479. The van der Waals surface area contributed by atoms with Crippen molar-refractivity contribution >= 4 is 11.9 Å². The van der Waals surface area contributed by atoms with Gasteiger partial charge in [-0.05, 0) is 37.6 Å². The number of hydrogen-bond donors (Lipinski definition) is 0. The first-order valence-corrected chi connectivity index (χ1v) is 9.13. The maximum absolute atomic E-state index is 11.9. The fourth-order valence-electron chi connectivity index (χ4n) is 2.44. The lowest BCUT2D eigenvalue weighted by molar-refractivity contribution is 0.0491. The second kappa shape index (κ2) is 12.6. The Hall–Kier alpha value is -1.84. The summed E-state index contributed by atoms with van der Waals surface area (Å²) < 4.78 is 10.2.